The maximum Gasteiger partial charge on any atom is 0.223 e. The molecular weight excluding hydrogens is 460 g/mol. The zero-order valence-corrected chi connectivity index (χ0v) is 20.2. The van der Waals surface area contributed by atoms with Crippen LogP contribution < -0.4 is 0 Å². The lowest BCUT2D eigenvalue weighted by molar-refractivity contribution is 0.768. The highest BCUT2D eigenvalue weighted by molar-refractivity contribution is 6.28. The topological polar surface area (TPSA) is 25.8 Å². The molecule has 0 saturated heterocycles. The van der Waals surface area contributed by atoms with Gasteiger partial charge >= 0.3 is 0 Å². The molecule has 0 amide bonds. The average Bonchev–Trinajstić information content (AvgIpc) is 3.24. The number of aromatic nitrogens is 2. The number of halogens is 1. The van der Waals surface area contributed by atoms with Crippen molar-refractivity contribution in [2.24, 2.45) is 0 Å². The van der Waals surface area contributed by atoms with Crippen LogP contribution in [0.25, 0.3) is 33.3 Å². The Morgan fingerprint density at radius 1 is 0.500 bits per heavy atom. The molecule has 0 radical (unpaired) electrons. The number of hydrogen-bond donors (Lipinski definition) is 0. The van der Waals surface area contributed by atoms with Gasteiger partial charge in [-0.2, -0.15) is 0 Å². The molecule has 1 heterocycles. The minimum Gasteiger partial charge on any atom is -0.218 e. The van der Waals surface area contributed by atoms with Gasteiger partial charge in [-0.25, -0.2) is 9.97 Å². The highest BCUT2D eigenvalue weighted by Crippen LogP contribution is 2.56. The van der Waals surface area contributed by atoms with Crippen molar-refractivity contribution >= 4 is 22.5 Å². The van der Waals surface area contributed by atoms with Gasteiger partial charge in [-0.1, -0.05) is 121 Å². The molecule has 0 saturated carbocycles. The van der Waals surface area contributed by atoms with Crippen molar-refractivity contribution in [1.82, 2.24) is 9.97 Å². The fourth-order valence-corrected chi connectivity index (χ4v) is 6.03. The number of benzene rings is 5. The van der Waals surface area contributed by atoms with E-state index < -0.39 is 5.41 Å². The molecule has 7 rings (SSSR count). The van der Waals surface area contributed by atoms with Crippen LogP contribution in [-0.4, -0.2) is 9.97 Å². The molecule has 170 valence electrons. The van der Waals surface area contributed by atoms with Crippen molar-refractivity contribution in [3.05, 3.63) is 155 Å². The minimum absolute atomic E-state index is 0.257. The first-order valence-electron chi connectivity index (χ1n) is 12.0. The fourth-order valence-electron chi connectivity index (χ4n) is 5.86. The van der Waals surface area contributed by atoms with E-state index >= 15 is 0 Å². The number of nitrogens with zero attached hydrogens (tertiary/aromatic N) is 2. The summed E-state index contributed by atoms with van der Waals surface area (Å²) >= 11 is 6.30. The summed E-state index contributed by atoms with van der Waals surface area (Å²) in [5.41, 5.74) is 9.96. The Morgan fingerprint density at radius 2 is 1.06 bits per heavy atom. The molecule has 3 heteroatoms. The first-order valence-corrected chi connectivity index (χ1v) is 12.4. The molecule has 6 aromatic rings. The Hall–Kier alpha value is -4.27. The van der Waals surface area contributed by atoms with Gasteiger partial charge in [-0.3, -0.25) is 0 Å². The van der Waals surface area contributed by atoms with Crippen LogP contribution in [0.5, 0.6) is 0 Å². The van der Waals surface area contributed by atoms with Crippen molar-refractivity contribution < 1.29 is 0 Å². The summed E-state index contributed by atoms with van der Waals surface area (Å²) < 4.78 is 0. The second-order valence-corrected chi connectivity index (χ2v) is 9.48. The highest BCUT2D eigenvalue weighted by atomic mass is 35.5. The summed E-state index contributed by atoms with van der Waals surface area (Å²) in [6.45, 7) is 0. The molecule has 36 heavy (non-hydrogen) atoms. The van der Waals surface area contributed by atoms with Crippen LogP contribution in [0.15, 0.2) is 127 Å². The van der Waals surface area contributed by atoms with Crippen molar-refractivity contribution in [3.63, 3.8) is 0 Å². The van der Waals surface area contributed by atoms with E-state index in [0.29, 0.717) is 0 Å². The lowest BCUT2D eigenvalue weighted by atomic mass is 9.67. The Bertz CT molecular complexity index is 1690. The predicted octanol–water partition coefficient (Wildman–Crippen LogP) is 8.31. The summed E-state index contributed by atoms with van der Waals surface area (Å²) in [5, 5.41) is 1.25. The quantitative estimate of drug-likeness (QED) is 0.237. The normalized spacial score (nSPS) is 13.4. The molecule has 1 aromatic heterocycles. The van der Waals surface area contributed by atoms with E-state index in [-0.39, 0.29) is 5.28 Å². The summed E-state index contributed by atoms with van der Waals surface area (Å²) in [5.74, 6) is 0. The molecule has 0 fully saturated rings. The monoisotopic (exact) mass is 480 g/mol. The predicted molar refractivity (Wildman–Crippen MR) is 147 cm³/mol. The Morgan fingerprint density at radius 3 is 1.75 bits per heavy atom. The second-order valence-electron chi connectivity index (χ2n) is 9.14. The van der Waals surface area contributed by atoms with Gasteiger partial charge in [0.25, 0.3) is 0 Å². The van der Waals surface area contributed by atoms with E-state index in [4.69, 9.17) is 11.6 Å². The minimum atomic E-state index is -0.404. The zero-order chi connectivity index (χ0) is 24.1. The Balaban J connectivity index is 1.49. The Labute approximate surface area is 214 Å². The lowest BCUT2D eigenvalue weighted by Gasteiger charge is -2.34. The van der Waals surface area contributed by atoms with Gasteiger partial charge in [0.1, 0.15) is 0 Å². The fraction of sp³-hybridized carbons (Fsp3) is 0.0303. The first-order chi connectivity index (χ1) is 17.8. The van der Waals surface area contributed by atoms with Crippen LogP contribution in [0.4, 0.5) is 0 Å². The lowest BCUT2D eigenvalue weighted by Crippen LogP contribution is -2.28. The van der Waals surface area contributed by atoms with Gasteiger partial charge in [0.15, 0.2) is 0 Å². The third-order valence-electron chi connectivity index (χ3n) is 7.33. The summed E-state index contributed by atoms with van der Waals surface area (Å²) in [6, 6.07) is 45.2. The van der Waals surface area contributed by atoms with Crippen molar-refractivity contribution in [2.45, 2.75) is 5.41 Å². The van der Waals surface area contributed by atoms with Crippen LogP contribution >= 0.6 is 11.6 Å². The molecule has 5 aromatic carbocycles. The molecule has 0 N–H and O–H groups in total. The van der Waals surface area contributed by atoms with Gasteiger partial charge in [0.2, 0.25) is 5.28 Å². The van der Waals surface area contributed by atoms with Crippen molar-refractivity contribution in [3.8, 4) is 22.4 Å². The number of hydrogen-bond acceptors (Lipinski definition) is 2. The molecule has 0 unspecified atom stereocenters. The van der Waals surface area contributed by atoms with Gasteiger partial charge in [0, 0.05) is 10.9 Å². The van der Waals surface area contributed by atoms with Gasteiger partial charge in [0.05, 0.1) is 16.6 Å². The number of fused-ring (bicyclic) bond motifs is 4. The average molecular weight is 481 g/mol. The Kier molecular flexibility index (Phi) is 4.77. The van der Waals surface area contributed by atoms with Gasteiger partial charge < -0.3 is 0 Å². The molecule has 0 aliphatic heterocycles. The maximum atomic E-state index is 6.30. The molecule has 1 aliphatic carbocycles. The maximum absolute atomic E-state index is 6.30. The number of para-hydroxylation sites is 1. The SMILES string of the molecule is Clc1nc(-c2ccc(C3(c4ccccc4)c4ccccc4-c4ccccc43)cc2)c2ccccc2n1. The molecular formula is C33H21ClN2. The van der Waals surface area contributed by atoms with Crippen LogP contribution in [0.1, 0.15) is 22.3 Å². The van der Waals surface area contributed by atoms with E-state index in [1.165, 1.54) is 33.4 Å². The summed E-state index contributed by atoms with van der Waals surface area (Å²) in [4.78, 5) is 9.00. The summed E-state index contributed by atoms with van der Waals surface area (Å²) in [7, 11) is 0. The third kappa shape index (κ3) is 2.98. The largest absolute Gasteiger partial charge is 0.223 e. The molecule has 0 atom stereocenters. The standard InChI is InChI=1S/C33H21ClN2/c34-32-35-30-17-9-6-14-27(30)31(36-32)22-18-20-24(21-19-22)33(23-10-2-1-3-11-23)28-15-7-4-12-25(28)26-13-5-8-16-29(26)33/h1-21H. The van der Waals surface area contributed by atoms with Gasteiger partial charge in [-0.15, -0.1) is 0 Å². The smallest absolute Gasteiger partial charge is 0.218 e. The third-order valence-corrected chi connectivity index (χ3v) is 7.50. The molecule has 0 spiro atoms. The number of rotatable bonds is 3. The van der Waals surface area contributed by atoms with E-state index in [9.17, 15) is 0 Å². The van der Waals surface area contributed by atoms with Crippen LogP contribution in [0.2, 0.25) is 5.28 Å². The molecule has 1 aliphatic rings. The van der Waals surface area contributed by atoms with E-state index in [0.717, 1.165) is 22.2 Å². The molecule has 2 nitrogen and oxygen atoms in total. The van der Waals surface area contributed by atoms with E-state index in [1.54, 1.807) is 0 Å². The van der Waals surface area contributed by atoms with E-state index in [1.807, 2.05) is 24.3 Å². The summed E-state index contributed by atoms with van der Waals surface area (Å²) in [6.07, 6.45) is 0. The van der Waals surface area contributed by atoms with E-state index in [2.05, 4.69) is 113 Å². The first kappa shape index (κ1) is 21.0. The second kappa shape index (κ2) is 8.15. The van der Waals surface area contributed by atoms with Crippen LogP contribution in [0, 0.1) is 0 Å². The van der Waals surface area contributed by atoms with Crippen molar-refractivity contribution in [2.75, 3.05) is 0 Å². The van der Waals surface area contributed by atoms with Crippen LogP contribution in [-0.2, 0) is 5.41 Å². The van der Waals surface area contributed by atoms with Crippen molar-refractivity contribution in [1.29, 1.82) is 0 Å². The highest BCUT2D eigenvalue weighted by Gasteiger charge is 2.45. The van der Waals surface area contributed by atoms with Gasteiger partial charge in [-0.05, 0) is 51.0 Å². The zero-order valence-electron chi connectivity index (χ0n) is 19.4. The van der Waals surface area contributed by atoms with Crippen LogP contribution in [0.3, 0.4) is 0 Å². The molecule has 0 bridgehead atoms.